The summed E-state index contributed by atoms with van der Waals surface area (Å²) in [4.78, 5) is 2.43. The third-order valence-electron chi connectivity index (χ3n) is 3.09. The smallest absolute Gasteiger partial charge is 0.0776 e. The summed E-state index contributed by atoms with van der Waals surface area (Å²) in [5.41, 5.74) is -0.281. The molecular weight excluding hydrogens is 150 g/mol. The molecule has 2 nitrogen and oxygen atoms in total. The van der Waals surface area contributed by atoms with E-state index in [4.69, 9.17) is 0 Å². The highest BCUT2D eigenvalue weighted by molar-refractivity contribution is 4.96. The van der Waals surface area contributed by atoms with E-state index in [0.717, 1.165) is 25.3 Å². The predicted octanol–water partition coefficient (Wildman–Crippen LogP) is 1.24. The number of hydrogen-bond acceptors (Lipinski definition) is 2. The number of likely N-dealkylation sites (tertiary alicyclic amines) is 1. The molecule has 1 N–H and O–H groups in total. The number of piperidine rings is 1. The van der Waals surface area contributed by atoms with Gasteiger partial charge in [0.1, 0.15) is 0 Å². The van der Waals surface area contributed by atoms with Gasteiger partial charge >= 0.3 is 0 Å². The van der Waals surface area contributed by atoms with Gasteiger partial charge in [0.2, 0.25) is 0 Å². The van der Waals surface area contributed by atoms with Crippen LogP contribution in [0.4, 0.5) is 0 Å². The number of aliphatic hydroxyl groups is 1. The van der Waals surface area contributed by atoms with Crippen molar-refractivity contribution in [3.8, 4) is 0 Å². The Hall–Kier alpha value is -0.0800. The molecule has 0 radical (unpaired) electrons. The second-order valence-corrected chi connectivity index (χ2v) is 4.71. The van der Waals surface area contributed by atoms with Gasteiger partial charge in [-0.1, -0.05) is 6.92 Å². The van der Waals surface area contributed by atoms with Gasteiger partial charge in [-0.3, -0.25) is 0 Å². The first-order valence-electron chi connectivity index (χ1n) is 5.13. The molecule has 1 saturated heterocycles. The molecule has 1 heterocycles. The van der Waals surface area contributed by atoms with E-state index in [2.05, 4.69) is 11.8 Å². The van der Waals surface area contributed by atoms with Gasteiger partial charge in [0, 0.05) is 13.1 Å². The van der Waals surface area contributed by atoms with Crippen LogP contribution in [0.25, 0.3) is 0 Å². The van der Waals surface area contributed by atoms with Crippen LogP contribution in [0.3, 0.4) is 0 Å². The van der Waals surface area contributed by atoms with Crippen LogP contribution in [0.5, 0.6) is 0 Å². The largest absolute Gasteiger partial charge is 0.389 e. The second kappa shape index (κ2) is 3.00. The molecular formula is C10H19NO. The molecule has 12 heavy (non-hydrogen) atoms. The minimum Gasteiger partial charge on any atom is -0.389 e. The molecule has 0 amide bonds. The topological polar surface area (TPSA) is 23.5 Å². The van der Waals surface area contributed by atoms with Crippen LogP contribution in [0.15, 0.2) is 0 Å². The normalized spacial score (nSPS) is 35.0. The molecule has 2 rings (SSSR count). The summed E-state index contributed by atoms with van der Waals surface area (Å²) < 4.78 is 0. The van der Waals surface area contributed by atoms with E-state index < -0.39 is 0 Å². The molecule has 0 unspecified atom stereocenters. The van der Waals surface area contributed by atoms with E-state index in [0.29, 0.717) is 0 Å². The molecule has 0 aromatic carbocycles. The Kier molecular flexibility index (Phi) is 2.13. The van der Waals surface area contributed by atoms with Crippen LogP contribution >= 0.6 is 0 Å². The lowest BCUT2D eigenvalue weighted by atomic mass is 10.00. The van der Waals surface area contributed by atoms with Crippen LogP contribution in [0, 0.1) is 5.92 Å². The number of nitrogens with zero attached hydrogens (tertiary/aromatic N) is 1. The Morgan fingerprint density at radius 3 is 2.83 bits per heavy atom. The number of β-amino-alcohol motifs (C(OH)–C–C–N with tert-alkyl or cyclic N) is 1. The van der Waals surface area contributed by atoms with Gasteiger partial charge in [-0.05, 0) is 38.1 Å². The van der Waals surface area contributed by atoms with Gasteiger partial charge in [-0.25, -0.2) is 0 Å². The van der Waals surface area contributed by atoms with Crippen LogP contribution < -0.4 is 0 Å². The lowest BCUT2D eigenvalue weighted by Gasteiger charge is -2.32. The monoisotopic (exact) mass is 169 g/mol. The van der Waals surface area contributed by atoms with Gasteiger partial charge < -0.3 is 10.0 Å². The van der Waals surface area contributed by atoms with Crippen LogP contribution in [0.1, 0.15) is 32.6 Å². The van der Waals surface area contributed by atoms with Crippen molar-refractivity contribution in [2.45, 2.75) is 38.2 Å². The maximum absolute atomic E-state index is 9.73. The molecule has 0 bridgehead atoms. The molecule has 2 heteroatoms. The Labute approximate surface area is 74.6 Å². The number of rotatable bonds is 2. The van der Waals surface area contributed by atoms with Crippen molar-refractivity contribution < 1.29 is 5.11 Å². The summed E-state index contributed by atoms with van der Waals surface area (Å²) in [5.74, 6) is 0.834. The summed E-state index contributed by atoms with van der Waals surface area (Å²) in [7, 11) is 0. The molecule has 1 aliphatic carbocycles. The van der Waals surface area contributed by atoms with E-state index in [9.17, 15) is 5.11 Å². The third-order valence-corrected chi connectivity index (χ3v) is 3.09. The van der Waals surface area contributed by atoms with E-state index >= 15 is 0 Å². The van der Waals surface area contributed by atoms with Crippen molar-refractivity contribution >= 4 is 0 Å². The molecule has 0 aromatic heterocycles. The maximum atomic E-state index is 9.73. The van der Waals surface area contributed by atoms with E-state index in [1.807, 2.05) is 0 Å². The van der Waals surface area contributed by atoms with Gasteiger partial charge in [0.15, 0.2) is 0 Å². The number of hydrogen-bond donors (Lipinski definition) is 1. The molecule has 1 aliphatic heterocycles. The fourth-order valence-electron chi connectivity index (χ4n) is 2.15. The second-order valence-electron chi connectivity index (χ2n) is 4.71. The van der Waals surface area contributed by atoms with Crippen molar-refractivity contribution in [1.29, 1.82) is 0 Å². The first-order valence-corrected chi connectivity index (χ1v) is 5.13. The Morgan fingerprint density at radius 1 is 1.50 bits per heavy atom. The van der Waals surface area contributed by atoms with E-state index in [1.54, 1.807) is 0 Å². The van der Waals surface area contributed by atoms with Crippen molar-refractivity contribution in [1.82, 2.24) is 4.90 Å². The van der Waals surface area contributed by atoms with Gasteiger partial charge in [0.25, 0.3) is 0 Å². The standard InChI is InChI=1S/C10H19NO/c1-9-3-2-6-11(7-9)8-10(12)4-5-10/h9,12H,2-8H2,1H3/t9-/m1/s1. The van der Waals surface area contributed by atoms with Crippen molar-refractivity contribution in [2.75, 3.05) is 19.6 Å². The first kappa shape index (κ1) is 8.52. The average molecular weight is 169 g/mol. The zero-order valence-corrected chi connectivity index (χ0v) is 7.92. The fraction of sp³-hybridized carbons (Fsp3) is 1.00. The molecule has 70 valence electrons. The van der Waals surface area contributed by atoms with Crippen LogP contribution in [-0.2, 0) is 0 Å². The highest BCUT2D eigenvalue weighted by Crippen LogP contribution is 2.36. The van der Waals surface area contributed by atoms with Gasteiger partial charge in [-0.2, -0.15) is 0 Å². The quantitative estimate of drug-likeness (QED) is 0.672. The molecule has 2 aliphatic rings. The Morgan fingerprint density at radius 2 is 2.25 bits per heavy atom. The molecule has 0 aromatic rings. The van der Waals surface area contributed by atoms with Crippen LogP contribution in [-0.4, -0.2) is 35.2 Å². The summed E-state index contributed by atoms with van der Waals surface area (Å²) in [6, 6.07) is 0. The summed E-state index contributed by atoms with van der Waals surface area (Å²) in [6.07, 6.45) is 4.74. The fourth-order valence-corrected chi connectivity index (χ4v) is 2.15. The highest BCUT2D eigenvalue weighted by atomic mass is 16.3. The van der Waals surface area contributed by atoms with Crippen molar-refractivity contribution in [3.05, 3.63) is 0 Å². The third kappa shape index (κ3) is 1.99. The summed E-state index contributed by atoms with van der Waals surface area (Å²) >= 11 is 0. The molecule has 1 atom stereocenters. The maximum Gasteiger partial charge on any atom is 0.0776 e. The van der Waals surface area contributed by atoms with Crippen molar-refractivity contribution in [2.24, 2.45) is 5.92 Å². The zero-order chi connectivity index (χ0) is 8.60. The van der Waals surface area contributed by atoms with Gasteiger partial charge in [-0.15, -0.1) is 0 Å². The molecule has 2 fully saturated rings. The van der Waals surface area contributed by atoms with Crippen LogP contribution in [0.2, 0.25) is 0 Å². The predicted molar refractivity (Wildman–Crippen MR) is 49.0 cm³/mol. The van der Waals surface area contributed by atoms with Gasteiger partial charge in [0.05, 0.1) is 5.60 Å². The summed E-state index contributed by atoms with van der Waals surface area (Å²) in [6.45, 7) is 5.63. The highest BCUT2D eigenvalue weighted by Gasteiger charge is 2.42. The van der Waals surface area contributed by atoms with Crippen molar-refractivity contribution in [3.63, 3.8) is 0 Å². The van der Waals surface area contributed by atoms with E-state index in [1.165, 1.54) is 25.9 Å². The Balaban J connectivity index is 1.79. The average Bonchev–Trinajstić information content (AvgIpc) is 2.67. The minimum atomic E-state index is -0.281. The SMILES string of the molecule is C[C@@H]1CCCN(CC2(O)CC2)C1. The lowest BCUT2D eigenvalue weighted by molar-refractivity contribution is 0.0706. The van der Waals surface area contributed by atoms with E-state index in [-0.39, 0.29) is 5.60 Å². The zero-order valence-electron chi connectivity index (χ0n) is 7.92. The minimum absolute atomic E-state index is 0.281. The molecule has 0 spiro atoms. The Bertz CT molecular complexity index is 165. The first-order chi connectivity index (χ1) is 5.68. The molecule has 1 saturated carbocycles. The summed E-state index contributed by atoms with van der Waals surface area (Å²) in [5, 5.41) is 9.73. The lowest BCUT2D eigenvalue weighted by Crippen LogP contribution is -2.40.